The Labute approximate surface area is 121 Å². The molecule has 0 aromatic heterocycles. The van der Waals surface area contributed by atoms with E-state index >= 15 is 0 Å². The number of benzene rings is 1. The molecule has 1 aromatic rings. The number of rotatable bonds is 1. The first kappa shape index (κ1) is 13.8. The molecule has 0 spiro atoms. The maximum Gasteiger partial charge on any atom is 0.254 e. The molecule has 0 bridgehead atoms. The van der Waals surface area contributed by atoms with E-state index in [0.29, 0.717) is 21.3 Å². The van der Waals surface area contributed by atoms with Gasteiger partial charge in [-0.1, -0.05) is 23.2 Å². The van der Waals surface area contributed by atoms with E-state index in [0.717, 1.165) is 31.0 Å². The molecular weight excluding hydrogens is 291 g/mol. The number of nitrogens with two attached hydrogens (primary N) is 1. The summed E-state index contributed by atoms with van der Waals surface area (Å²) < 4.78 is 0. The summed E-state index contributed by atoms with van der Waals surface area (Å²) in [6, 6.07) is 3.18. The third-order valence-corrected chi connectivity index (χ3v) is 4.68. The van der Waals surface area contributed by atoms with Gasteiger partial charge in [0.25, 0.3) is 5.91 Å². The first-order valence-electron chi connectivity index (χ1n) is 5.71. The molecule has 3 nitrogen and oxygen atoms in total. The predicted octanol–water partition coefficient (Wildman–Crippen LogP) is 3.15. The Balaban J connectivity index is 2.22. The van der Waals surface area contributed by atoms with Crippen molar-refractivity contribution in [3.05, 3.63) is 27.7 Å². The zero-order valence-corrected chi connectivity index (χ0v) is 12.1. The average molecular weight is 305 g/mol. The van der Waals surface area contributed by atoms with E-state index in [2.05, 4.69) is 0 Å². The molecule has 0 aliphatic carbocycles. The van der Waals surface area contributed by atoms with Gasteiger partial charge in [0.1, 0.15) is 0 Å². The van der Waals surface area contributed by atoms with Crippen LogP contribution in [0.25, 0.3) is 0 Å². The number of nitrogen functional groups attached to an aromatic ring is 1. The van der Waals surface area contributed by atoms with Gasteiger partial charge in [-0.15, -0.1) is 0 Å². The lowest BCUT2D eigenvalue weighted by atomic mass is 10.1. The van der Waals surface area contributed by atoms with Crippen LogP contribution in [-0.2, 0) is 0 Å². The van der Waals surface area contributed by atoms with Crippen LogP contribution in [0.5, 0.6) is 0 Å². The lowest BCUT2D eigenvalue weighted by Crippen LogP contribution is -2.33. The van der Waals surface area contributed by atoms with Gasteiger partial charge in [0.15, 0.2) is 0 Å². The molecule has 1 aromatic carbocycles. The highest BCUT2D eigenvalue weighted by molar-refractivity contribution is 7.99. The molecule has 18 heavy (non-hydrogen) atoms. The minimum absolute atomic E-state index is 0.0252. The van der Waals surface area contributed by atoms with Crippen LogP contribution >= 0.6 is 35.0 Å². The third kappa shape index (κ3) is 3.05. The van der Waals surface area contributed by atoms with E-state index in [1.807, 2.05) is 16.7 Å². The summed E-state index contributed by atoms with van der Waals surface area (Å²) in [4.78, 5) is 14.2. The molecule has 1 aliphatic heterocycles. The van der Waals surface area contributed by atoms with Crippen LogP contribution in [-0.4, -0.2) is 35.4 Å². The molecule has 0 atom stereocenters. The number of thioether (sulfide) groups is 1. The summed E-state index contributed by atoms with van der Waals surface area (Å²) in [6.45, 7) is 1.55. The maximum absolute atomic E-state index is 12.3. The molecule has 1 amide bonds. The van der Waals surface area contributed by atoms with Gasteiger partial charge in [0.2, 0.25) is 0 Å². The highest BCUT2D eigenvalue weighted by Crippen LogP contribution is 2.30. The minimum Gasteiger partial charge on any atom is -0.397 e. The number of halogens is 2. The van der Waals surface area contributed by atoms with Crippen molar-refractivity contribution in [1.29, 1.82) is 0 Å². The smallest absolute Gasteiger partial charge is 0.254 e. The van der Waals surface area contributed by atoms with Crippen molar-refractivity contribution in [2.45, 2.75) is 6.42 Å². The molecule has 1 aliphatic rings. The van der Waals surface area contributed by atoms with Crippen LogP contribution in [0.15, 0.2) is 12.1 Å². The van der Waals surface area contributed by atoms with E-state index in [1.165, 1.54) is 0 Å². The molecule has 6 heteroatoms. The minimum atomic E-state index is -0.0252. The van der Waals surface area contributed by atoms with E-state index in [4.69, 9.17) is 28.9 Å². The summed E-state index contributed by atoms with van der Waals surface area (Å²) in [5, 5.41) is 0.629. The van der Waals surface area contributed by atoms with Gasteiger partial charge >= 0.3 is 0 Å². The van der Waals surface area contributed by atoms with E-state index < -0.39 is 0 Å². The van der Waals surface area contributed by atoms with Crippen molar-refractivity contribution in [2.75, 3.05) is 30.3 Å². The van der Waals surface area contributed by atoms with Crippen molar-refractivity contribution in [2.24, 2.45) is 0 Å². The Bertz CT molecular complexity index is 436. The highest BCUT2D eigenvalue weighted by atomic mass is 35.5. The molecule has 2 rings (SSSR count). The lowest BCUT2D eigenvalue weighted by Gasteiger charge is -2.20. The van der Waals surface area contributed by atoms with Gasteiger partial charge in [-0.05, 0) is 24.3 Å². The molecular formula is C12H14Cl2N2OS. The quantitative estimate of drug-likeness (QED) is 0.811. The normalized spacial score (nSPS) is 16.4. The van der Waals surface area contributed by atoms with Crippen LogP contribution in [0.2, 0.25) is 10.0 Å². The number of carbonyl (C=O) groups excluding carboxylic acids is 1. The zero-order valence-electron chi connectivity index (χ0n) is 9.79. The van der Waals surface area contributed by atoms with Gasteiger partial charge in [-0.3, -0.25) is 4.79 Å². The standard InChI is InChI=1S/C12H14Cl2N2OS/c13-9-6-8(7-10(15)11(9)14)12(17)16-2-1-4-18-5-3-16/h6-7H,1-5,15H2. The van der Waals surface area contributed by atoms with Gasteiger partial charge in [-0.25, -0.2) is 0 Å². The number of amides is 1. The second kappa shape index (κ2) is 6.04. The molecule has 1 fully saturated rings. The second-order valence-electron chi connectivity index (χ2n) is 4.12. The average Bonchev–Trinajstić information content (AvgIpc) is 2.63. The van der Waals surface area contributed by atoms with Gasteiger partial charge in [0, 0.05) is 24.4 Å². The van der Waals surface area contributed by atoms with Crippen LogP contribution in [0.1, 0.15) is 16.8 Å². The summed E-state index contributed by atoms with van der Waals surface area (Å²) in [5.74, 6) is 2.05. The maximum atomic E-state index is 12.3. The monoisotopic (exact) mass is 304 g/mol. The summed E-state index contributed by atoms with van der Waals surface area (Å²) >= 11 is 13.7. The number of anilines is 1. The number of hydrogen-bond acceptors (Lipinski definition) is 3. The van der Waals surface area contributed by atoms with Crippen molar-refractivity contribution in [3.8, 4) is 0 Å². The Hall–Kier alpha value is -0.580. The van der Waals surface area contributed by atoms with Gasteiger partial charge in [-0.2, -0.15) is 11.8 Å². The van der Waals surface area contributed by atoms with E-state index in [-0.39, 0.29) is 5.91 Å². The van der Waals surface area contributed by atoms with Crippen molar-refractivity contribution in [3.63, 3.8) is 0 Å². The SMILES string of the molecule is Nc1cc(C(=O)N2CCCSCC2)cc(Cl)c1Cl. The fourth-order valence-electron chi connectivity index (χ4n) is 1.87. The van der Waals surface area contributed by atoms with Crippen LogP contribution in [0.4, 0.5) is 5.69 Å². The van der Waals surface area contributed by atoms with Crippen molar-refractivity contribution >= 4 is 46.6 Å². The third-order valence-electron chi connectivity index (χ3n) is 2.81. The number of nitrogens with zero attached hydrogens (tertiary/aromatic N) is 1. The van der Waals surface area contributed by atoms with Crippen molar-refractivity contribution < 1.29 is 4.79 Å². The molecule has 0 unspecified atom stereocenters. The Morgan fingerprint density at radius 2 is 2.06 bits per heavy atom. The van der Waals surface area contributed by atoms with Crippen molar-refractivity contribution in [1.82, 2.24) is 4.90 Å². The van der Waals surface area contributed by atoms with E-state index in [9.17, 15) is 4.79 Å². The molecule has 1 saturated heterocycles. The number of hydrogen-bond donors (Lipinski definition) is 1. The largest absolute Gasteiger partial charge is 0.397 e. The topological polar surface area (TPSA) is 46.3 Å². The van der Waals surface area contributed by atoms with Gasteiger partial charge < -0.3 is 10.6 Å². The Kier molecular flexibility index (Phi) is 4.65. The highest BCUT2D eigenvalue weighted by Gasteiger charge is 2.19. The summed E-state index contributed by atoms with van der Waals surface area (Å²) in [6.07, 6.45) is 1.02. The van der Waals surface area contributed by atoms with Crippen LogP contribution in [0.3, 0.4) is 0 Å². The first-order valence-corrected chi connectivity index (χ1v) is 7.62. The summed E-state index contributed by atoms with van der Waals surface area (Å²) in [7, 11) is 0. The fraction of sp³-hybridized carbons (Fsp3) is 0.417. The zero-order chi connectivity index (χ0) is 13.1. The van der Waals surface area contributed by atoms with Gasteiger partial charge in [0.05, 0.1) is 15.7 Å². The van der Waals surface area contributed by atoms with E-state index in [1.54, 1.807) is 12.1 Å². The first-order chi connectivity index (χ1) is 8.59. The van der Waals surface area contributed by atoms with Crippen LogP contribution < -0.4 is 5.73 Å². The molecule has 0 radical (unpaired) electrons. The fourth-order valence-corrected chi connectivity index (χ4v) is 3.09. The number of carbonyl (C=O) groups is 1. The summed E-state index contributed by atoms with van der Waals surface area (Å²) in [5.41, 5.74) is 6.58. The molecule has 0 saturated carbocycles. The predicted molar refractivity (Wildman–Crippen MR) is 78.7 cm³/mol. The Morgan fingerprint density at radius 3 is 2.78 bits per heavy atom. The molecule has 1 heterocycles. The van der Waals surface area contributed by atoms with Crippen LogP contribution in [0, 0.1) is 0 Å². The second-order valence-corrected chi connectivity index (χ2v) is 6.13. The molecule has 98 valence electrons. The lowest BCUT2D eigenvalue weighted by molar-refractivity contribution is 0.0768. The molecule has 2 N–H and O–H groups in total. The Morgan fingerprint density at radius 1 is 1.28 bits per heavy atom.